The number of esters is 2. The van der Waals surface area contributed by atoms with Gasteiger partial charge in [0.25, 0.3) is 0 Å². The van der Waals surface area contributed by atoms with E-state index in [-0.39, 0.29) is 12.0 Å². The number of rotatable bonds is 7. The maximum atomic E-state index is 11.6. The normalized spacial score (nSPS) is 27.3. The SMILES string of the molecule is CC(=O)OC1C(OC(C)=O)[C@@H](COP(=O)(O)O)O[C@H]1N1C=CCC(C(N)=O)=C1. The number of carbonyl (C=O) groups excluding carboxylic acids is 3. The van der Waals surface area contributed by atoms with Gasteiger partial charge in [0.2, 0.25) is 5.91 Å². The standard InChI is InChI=1S/C15H21N2O10P/c1-8(18)25-12-11(7-24-28(21,22)23)27-15(13(12)26-9(2)19)17-5-3-4-10(6-17)14(16)20/h3,5-6,11-13,15H,4,7H2,1-2H3,(H2,16,20)(H2,21,22,23)/t11-,12?,13?,15-/m1/s1. The van der Waals surface area contributed by atoms with E-state index in [1.807, 2.05) is 0 Å². The van der Waals surface area contributed by atoms with Gasteiger partial charge in [0.15, 0.2) is 18.4 Å². The van der Waals surface area contributed by atoms with E-state index in [1.54, 1.807) is 12.3 Å². The first kappa shape index (κ1) is 22.1. The van der Waals surface area contributed by atoms with Crippen molar-refractivity contribution in [3.05, 3.63) is 24.0 Å². The van der Waals surface area contributed by atoms with E-state index >= 15 is 0 Å². The summed E-state index contributed by atoms with van der Waals surface area (Å²) in [5, 5.41) is 0. The Morgan fingerprint density at radius 1 is 1.25 bits per heavy atom. The van der Waals surface area contributed by atoms with E-state index < -0.39 is 56.8 Å². The lowest BCUT2D eigenvalue weighted by Crippen LogP contribution is -2.44. The van der Waals surface area contributed by atoms with E-state index in [9.17, 15) is 18.9 Å². The van der Waals surface area contributed by atoms with Gasteiger partial charge in [-0.1, -0.05) is 6.08 Å². The topological polar surface area (TPSA) is 175 Å². The number of allylic oxidation sites excluding steroid dienone is 1. The fraction of sp³-hybridized carbons (Fsp3) is 0.533. The largest absolute Gasteiger partial charge is 0.469 e. The smallest absolute Gasteiger partial charge is 0.456 e. The maximum Gasteiger partial charge on any atom is 0.469 e. The number of nitrogens with zero attached hydrogens (tertiary/aromatic N) is 1. The van der Waals surface area contributed by atoms with Crippen LogP contribution in [0.2, 0.25) is 0 Å². The highest BCUT2D eigenvalue weighted by Crippen LogP contribution is 2.38. The zero-order valence-electron chi connectivity index (χ0n) is 15.1. The van der Waals surface area contributed by atoms with Crippen LogP contribution in [0, 0.1) is 0 Å². The van der Waals surface area contributed by atoms with Gasteiger partial charge in [-0.2, -0.15) is 0 Å². The van der Waals surface area contributed by atoms with Crippen molar-refractivity contribution < 1.29 is 47.5 Å². The molecule has 156 valence electrons. The summed E-state index contributed by atoms with van der Waals surface area (Å²) in [5.41, 5.74) is 5.55. The summed E-state index contributed by atoms with van der Waals surface area (Å²) in [5.74, 6) is -2.09. The molecule has 2 heterocycles. The van der Waals surface area contributed by atoms with Crippen LogP contribution in [0.5, 0.6) is 0 Å². The quantitative estimate of drug-likeness (QED) is 0.350. The lowest BCUT2D eigenvalue weighted by molar-refractivity contribution is -0.166. The second-order valence-electron chi connectivity index (χ2n) is 6.05. The molecule has 28 heavy (non-hydrogen) atoms. The summed E-state index contributed by atoms with van der Waals surface area (Å²) in [6, 6.07) is 0. The Balaban J connectivity index is 2.33. The molecule has 0 aliphatic carbocycles. The number of carbonyl (C=O) groups is 3. The van der Waals surface area contributed by atoms with Crippen molar-refractivity contribution >= 4 is 25.7 Å². The molecule has 0 spiro atoms. The van der Waals surface area contributed by atoms with Crippen molar-refractivity contribution in [1.29, 1.82) is 0 Å². The monoisotopic (exact) mass is 420 g/mol. The van der Waals surface area contributed by atoms with E-state index in [4.69, 9.17) is 29.7 Å². The zero-order chi connectivity index (χ0) is 21.1. The molecule has 0 saturated carbocycles. The minimum Gasteiger partial charge on any atom is -0.456 e. The third-order valence-electron chi connectivity index (χ3n) is 3.83. The average molecular weight is 420 g/mol. The van der Waals surface area contributed by atoms with Crippen molar-refractivity contribution in [2.75, 3.05) is 6.61 Å². The van der Waals surface area contributed by atoms with Crippen LogP contribution in [-0.2, 0) is 37.7 Å². The third kappa shape index (κ3) is 5.88. The highest BCUT2D eigenvalue weighted by Gasteiger charge is 2.51. The van der Waals surface area contributed by atoms with Crippen molar-refractivity contribution in [1.82, 2.24) is 4.90 Å². The summed E-state index contributed by atoms with van der Waals surface area (Å²) in [4.78, 5) is 53.7. The molecule has 0 radical (unpaired) electrons. The van der Waals surface area contributed by atoms with Crippen molar-refractivity contribution in [2.24, 2.45) is 5.73 Å². The third-order valence-corrected chi connectivity index (χ3v) is 4.31. The molecule has 1 amide bonds. The van der Waals surface area contributed by atoms with Crippen LogP contribution >= 0.6 is 7.82 Å². The Bertz CT molecular complexity index is 745. The number of hydrogen-bond donors (Lipinski definition) is 3. The lowest BCUT2D eigenvalue weighted by Gasteiger charge is -2.30. The van der Waals surface area contributed by atoms with Gasteiger partial charge < -0.3 is 34.6 Å². The average Bonchev–Trinajstić information content (AvgIpc) is 2.89. The molecule has 2 aliphatic rings. The molecular weight excluding hydrogens is 399 g/mol. The van der Waals surface area contributed by atoms with E-state index in [0.29, 0.717) is 0 Å². The molecule has 1 fully saturated rings. The Morgan fingerprint density at radius 2 is 1.86 bits per heavy atom. The molecule has 2 unspecified atom stereocenters. The summed E-state index contributed by atoms with van der Waals surface area (Å²) < 4.78 is 31.6. The maximum absolute atomic E-state index is 11.6. The lowest BCUT2D eigenvalue weighted by atomic mass is 10.1. The Labute approximate surface area is 160 Å². The summed E-state index contributed by atoms with van der Waals surface area (Å²) >= 11 is 0. The number of hydrogen-bond acceptors (Lipinski definition) is 9. The second kappa shape index (κ2) is 8.84. The van der Waals surface area contributed by atoms with Crippen LogP contribution in [-0.4, -0.2) is 63.7 Å². The van der Waals surface area contributed by atoms with Gasteiger partial charge in [-0.3, -0.25) is 18.9 Å². The Hall–Kier alpha value is -2.24. The summed E-state index contributed by atoms with van der Waals surface area (Å²) in [6.45, 7) is 1.61. The molecule has 0 aromatic rings. The van der Waals surface area contributed by atoms with Gasteiger partial charge in [0, 0.05) is 31.8 Å². The first-order valence-electron chi connectivity index (χ1n) is 8.12. The summed E-state index contributed by atoms with van der Waals surface area (Å²) in [7, 11) is -4.83. The van der Waals surface area contributed by atoms with Gasteiger partial charge in [0.05, 0.1) is 6.61 Å². The minimum atomic E-state index is -4.83. The van der Waals surface area contributed by atoms with Crippen LogP contribution in [0.1, 0.15) is 20.3 Å². The Kier molecular flexibility index (Phi) is 6.96. The molecule has 4 N–H and O–H groups in total. The van der Waals surface area contributed by atoms with Gasteiger partial charge >= 0.3 is 19.8 Å². The fourth-order valence-corrected chi connectivity index (χ4v) is 3.14. The molecule has 0 aromatic carbocycles. The fourth-order valence-electron chi connectivity index (χ4n) is 2.80. The molecule has 2 rings (SSSR count). The van der Waals surface area contributed by atoms with Gasteiger partial charge in [0.1, 0.15) is 6.10 Å². The molecule has 2 aliphatic heterocycles. The molecule has 4 atom stereocenters. The summed E-state index contributed by atoms with van der Waals surface area (Å²) in [6.07, 6.45) is 0.240. The molecule has 0 aromatic heterocycles. The predicted molar refractivity (Wildman–Crippen MR) is 90.6 cm³/mol. The highest BCUT2D eigenvalue weighted by molar-refractivity contribution is 7.46. The molecular formula is C15H21N2O10P. The van der Waals surface area contributed by atoms with Crippen LogP contribution in [0.4, 0.5) is 0 Å². The number of phosphoric acid groups is 1. The van der Waals surface area contributed by atoms with Crippen molar-refractivity contribution in [3.8, 4) is 0 Å². The second-order valence-corrected chi connectivity index (χ2v) is 7.29. The predicted octanol–water partition coefficient (Wildman–Crippen LogP) is -0.727. The van der Waals surface area contributed by atoms with E-state index in [2.05, 4.69) is 4.52 Å². The molecule has 12 nitrogen and oxygen atoms in total. The van der Waals surface area contributed by atoms with Gasteiger partial charge in [-0.15, -0.1) is 0 Å². The van der Waals surface area contributed by atoms with Crippen LogP contribution in [0.3, 0.4) is 0 Å². The minimum absolute atomic E-state index is 0.256. The zero-order valence-corrected chi connectivity index (χ0v) is 16.0. The van der Waals surface area contributed by atoms with Gasteiger partial charge in [-0.05, 0) is 6.42 Å². The van der Waals surface area contributed by atoms with Crippen LogP contribution < -0.4 is 5.73 Å². The van der Waals surface area contributed by atoms with Crippen LogP contribution in [0.15, 0.2) is 24.0 Å². The number of primary amides is 1. The number of phosphoric ester groups is 1. The Morgan fingerprint density at radius 3 is 2.39 bits per heavy atom. The van der Waals surface area contributed by atoms with Gasteiger partial charge in [-0.25, -0.2) is 4.57 Å². The number of ether oxygens (including phenoxy) is 3. The van der Waals surface area contributed by atoms with Crippen molar-refractivity contribution in [3.63, 3.8) is 0 Å². The molecule has 1 saturated heterocycles. The highest BCUT2D eigenvalue weighted by atomic mass is 31.2. The molecule has 13 heteroatoms. The van der Waals surface area contributed by atoms with E-state index in [0.717, 1.165) is 13.8 Å². The molecule has 0 bridgehead atoms. The van der Waals surface area contributed by atoms with Crippen LogP contribution in [0.25, 0.3) is 0 Å². The first-order chi connectivity index (χ1) is 13.0. The van der Waals surface area contributed by atoms with E-state index in [1.165, 1.54) is 11.1 Å². The number of amides is 1. The van der Waals surface area contributed by atoms with Crippen molar-refractivity contribution in [2.45, 2.75) is 44.8 Å². The number of nitrogens with two attached hydrogens (primary N) is 1. The first-order valence-corrected chi connectivity index (χ1v) is 9.65.